The monoisotopic (exact) mass is 808 g/mol. The first-order valence-electron chi connectivity index (χ1n) is 22.6. The molecule has 3 unspecified atom stereocenters. The van der Waals surface area contributed by atoms with Crippen LogP contribution in [0.3, 0.4) is 0 Å². The highest BCUT2D eigenvalue weighted by atomic mass is 15.2. The predicted octanol–water partition coefficient (Wildman–Crippen LogP) is 15.2. The summed E-state index contributed by atoms with van der Waals surface area (Å²) in [6.45, 7) is 0. The third kappa shape index (κ3) is 6.08. The van der Waals surface area contributed by atoms with Gasteiger partial charge in [-0.3, -0.25) is 0 Å². The Morgan fingerprint density at radius 1 is 0.381 bits per heavy atom. The van der Waals surface area contributed by atoms with Crippen LogP contribution >= 0.6 is 0 Å². The maximum atomic E-state index is 2.57. The Morgan fingerprint density at radius 3 is 1.49 bits per heavy atom. The minimum absolute atomic E-state index is 0.215. The van der Waals surface area contributed by atoms with Crippen LogP contribution in [0.4, 0.5) is 22.7 Å². The molecule has 12 rings (SSSR count). The molecule has 2 nitrogen and oxygen atoms in total. The summed E-state index contributed by atoms with van der Waals surface area (Å²) < 4.78 is 0. The molecule has 5 aliphatic carbocycles. The predicted molar refractivity (Wildman–Crippen MR) is 263 cm³/mol. The molecule has 0 bridgehead atoms. The number of hydrogen-bond donors (Lipinski definition) is 0. The fourth-order valence-electron chi connectivity index (χ4n) is 11.5. The van der Waals surface area contributed by atoms with Crippen LogP contribution < -0.4 is 9.80 Å². The van der Waals surface area contributed by atoms with Crippen molar-refractivity contribution in [2.75, 3.05) is 9.80 Å². The molecule has 0 heterocycles. The zero-order chi connectivity index (χ0) is 41.7. The molecule has 2 heteroatoms. The third-order valence-electron chi connectivity index (χ3n) is 14.2. The van der Waals surface area contributed by atoms with E-state index in [1.54, 1.807) is 0 Å². The Hall–Kier alpha value is -7.42. The van der Waals surface area contributed by atoms with Crippen molar-refractivity contribution >= 4 is 22.7 Å². The van der Waals surface area contributed by atoms with Crippen LogP contribution in [0.15, 0.2) is 254 Å². The van der Waals surface area contributed by atoms with Gasteiger partial charge in [-0.1, -0.05) is 188 Å². The normalized spacial score (nSPS) is 19.6. The summed E-state index contributed by atoms with van der Waals surface area (Å²) in [4.78, 5) is 5.06. The molecule has 0 saturated carbocycles. The zero-order valence-corrected chi connectivity index (χ0v) is 35.3. The van der Waals surface area contributed by atoms with Gasteiger partial charge < -0.3 is 9.80 Å². The number of nitrogens with zero attached hydrogens (tertiary/aromatic N) is 2. The molecule has 0 N–H and O–H groups in total. The molecule has 0 amide bonds. The topological polar surface area (TPSA) is 6.48 Å². The highest BCUT2D eigenvalue weighted by Crippen LogP contribution is 2.64. The second-order valence-electron chi connectivity index (χ2n) is 17.5. The Labute approximate surface area is 371 Å². The maximum Gasteiger partial charge on any atom is 0.0726 e. The van der Waals surface area contributed by atoms with Crippen molar-refractivity contribution in [3.63, 3.8) is 0 Å². The quantitative estimate of drug-likeness (QED) is 0.151. The van der Waals surface area contributed by atoms with Crippen LogP contribution in [0.1, 0.15) is 41.5 Å². The molecule has 0 saturated heterocycles. The minimum Gasteiger partial charge on any atom is -0.334 e. The van der Waals surface area contributed by atoms with Gasteiger partial charge in [0.15, 0.2) is 0 Å². The third-order valence-corrected chi connectivity index (χ3v) is 14.2. The first-order chi connectivity index (χ1) is 31.3. The summed E-state index contributed by atoms with van der Waals surface area (Å²) in [6, 6.07) is 67.3. The molecule has 1 spiro atoms. The van der Waals surface area contributed by atoms with Gasteiger partial charge in [-0.25, -0.2) is 0 Å². The number of benzene rings is 7. The summed E-state index contributed by atoms with van der Waals surface area (Å²) in [7, 11) is 0. The van der Waals surface area contributed by atoms with Gasteiger partial charge in [-0.2, -0.15) is 0 Å². The second-order valence-corrected chi connectivity index (χ2v) is 17.5. The van der Waals surface area contributed by atoms with Gasteiger partial charge in [0, 0.05) is 28.3 Å². The molecule has 5 aliphatic rings. The first-order valence-corrected chi connectivity index (χ1v) is 22.6. The standard InChI is InChI=1S/C61H48N2/c1-4-24-47(25-5-1)62(48-26-6-2-7-27-48)50-30-17-22-45(41-50)43-20-16-21-44(40-43)46-23-18-31-51(42-46)63(49-28-8-3-9-29-49)59-39-19-38-58-60(59)54-34-12-15-37-57(54)61(58)55-35-13-10-32-52(55)53-33-11-14-36-56(53)61/h1-39,44,46,50H,40-42H2. The van der Waals surface area contributed by atoms with Crippen LogP contribution in [0.2, 0.25) is 0 Å². The average molecular weight is 809 g/mol. The van der Waals surface area contributed by atoms with Crippen LogP contribution in [0, 0.1) is 11.8 Å². The van der Waals surface area contributed by atoms with E-state index in [9.17, 15) is 0 Å². The van der Waals surface area contributed by atoms with E-state index in [-0.39, 0.29) is 6.04 Å². The number of para-hydroxylation sites is 3. The fraction of sp³-hybridized carbons (Fsp3) is 0.115. The summed E-state index contributed by atoms with van der Waals surface area (Å²) in [5.74, 6) is 0.727. The number of fused-ring (bicyclic) bond motifs is 10. The Morgan fingerprint density at radius 2 is 0.857 bits per heavy atom. The molecule has 63 heavy (non-hydrogen) atoms. The molecular weight excluding hydrogens is 761 g/mol. The van der Waals surface area contributed by atoms with E-state index < -0.39 is 5.41 Å². The minimum atomic E-state index is -0.391. The van der Waals surface area contributed by atoms with Crippen molar-refractivity contribution in [2.45, 2.75) is 30.7 Å². The van der Waals surface area contributed by atoms with Gasteiger partial charge in [-0.15, -0.1) is 0 Å². The Kier molecular flexibility index (Phi) is 9.18. The largest absolute Gasteiger partial charge is 0.334 e. The summed E-state index contributed by atoms with van der Waals surface area (Å²) in [6.07, 6.45) is 24.2. The lowest BCUT2D eigenvalue weighted by Crippen LogP contribution is -2.31. The first kappa shape index (κ1) is 37.4. The molecule has 7 aromatic carbocycles. The van der Waals surface area contributed by atoms with Gasteiger partial charge in [0.1, 0.15) is 0 Å². The fourth-order valence-corrected chi connectivity index (χ4v) is 11.5. The molecule has 0 aliphatic heterocycles. The summed E-state index contributed by atoms with van der Waals surface area (Å²) in [5, 5.41) is 0. The molecule has 3 atom stereocenters. The Bertz CT molecular complexity index is 2970. The molecule has 7 aromatic rings. The van der Waals surface area contributed by atoms with Crippen LogP contribution in [0.5, 0.6) is 0 Å². The molecule has 302 valence electrons. The number of hydrogen-bond acceptors (Lipinski definition) is 2. The molecule has 0 fully saturated rings. The second kappa shape index (κ2) is 15.5. The van der Waals surface area contributed by atoms with E-state index in [0.717, 1.165) is 19.3 Å². The van der Waals surface area contributed by atoms with Crippen molar-refractivity contribution in [1.29, 1.82) is 0 Å². The summed E-state index contributed by atoms with van der Waals surface area (Å²) >= 11 is 0. The lowest BCUT2D eigenvalue weighted by Gasteiger charge is -2.36. The SMILES string of the molecule is C1=CC(C2C=CC=C(N(c3ccccc3)c3cccc4c3-c3ccccc3C43c4ccccc4-c4ccccc43)C2)CC(C2=CC=CC(N(c3ccccc3)c3ccccc3)C2)=C1. The van der Waals surface area contributed by atoms with E-state index in [0.29, 0.717) is 11.8 Å². The average Bonchev–Trinajstić information content (AvgIpc) is 3.83. The van der Waals surface area contributed by atoms with E-state index in [1.807, 2.05) is 0 Å². The molecule has 0 aromatic heterocycles. The maximum absolute atomic E-state index is 2.57. The highest BCUT2D eigenvalue weighted by Gasteiger charge is 2.52. The van der Waals surface area contributed by atoms with E-state index in [1.165, 1.54) is 84.1 Å². The van der Waals surface area contributed by atoms with Crippen LogP contribution in [-0.4, -0.2) is 6.04 Å². The lowest BCUT2D eigenvalue weighted by atomic mass is 9.70. The Balaban J connectivity index is 0.880. The van der Waals surface area contributed by atoms with Gasteiger partial charge in [0.05, 0.1) is 17.1 Å². The van der Waals surface area contributed by atoms with Gasteiger partial charge >= 0.3 is 0 Å². The smallest absolute Gasteiger partial charge is 0.0726 e. The number of anilines is 4. The zero-order valence-electron chi connectivity index (χ0n) is 35.3. The highest BCUT2D eigenvalue weighted by molar-refractivity contribution is 6.00. The summed E-state index contributed by atoms with van der Waals surface area (Å²) in [5.41, 5.74) is 19.4. The van der Waals surface area contributed by atoms with Crippen LogP contribution in [-0.2, 0) is 5.41 Å². The number of allylic oxidation sites excluding steroid dienone is 10. The van der Waals surface area contributed by atoms with Crippen molar-refractivity contribution in [3.8, 4) is 22.3 Å². The van der Waals surface area contributed by atoms with Gasteiger partial charge in [0.25, 0.3) is 0 Å². The molecular formula is C61H48N2. The van der Waals surface area contributed by atoms with Gasteiger partial charge in [-0.05, 0) is 130 Å². The number of rotatable bonds is 8. The van der Waals surface area contributed by atoms with Crippen molar-refractivity contribution in [1.82, 2.24) is 0 Å². The van der Waals surface area contributed by atoms with Gasteiger partial charge in [0.2, 0.25) is 0 Å². The van der Waals surface area contributed by atoms with E-state index in [2.05, 4.69) is 246 Å². The molecule has 0 radical (unpaired) electrons. The van der Waals surface area contributed by atoms with Crippen molar-refractivity contribution in [3.05, 3.63) is 276 Å². The van der Waals surface area contributed by atoms with Crippen molar-refractivity contribution in [2.24, 2.45) is 11.8 Å². The van der Waals surface area contributed by atoms with Crippen molar-refractivity contribution < 1.29 is 0 Å². The van der Waals surface area contributed by atoms with E-state index >= 15 is 0 Å². The lowest BCUT2D eigenvalue weighted by molar-refractivity contribution is 0.457. The van der Waals surface area contributed by atoms with E-state index in [4.69, 9.17) is 0 Å². The van der Waals surface area contributed by atoms with Crippen LogP contribution in [0.25, 0.3) is 22.3 Å².